The molecule has 2 N–H and O–H groups in total. The molecule has 0 saturated carbocycles. The molecular formula is C14H19N5O2. The maximum atomic E-state index is 12.1. The molecule has 0 bridgehead atoms. The number of aryl methyl sites for hydroxylation is 2. The van der Waals surface area contributed by atoms with Crippen LogP contribution in [0.25, 0.3) is 0 Å². The summed E-state index contributed by atoms with van der Waals surface area (Å²) in [5, 5.41) is 7.23. The van der Waals surface area contributed by atoms with E-state index in [0.717, 1.165) is 23.5 Å². The highest BCUT2D eigenvalue weighted by Crippen LogP contribution is 2.21. The predicted octanol–water partition coefficient (Wildman–Crippen LogP) is 1.09. The van der Waals surface area contributed by atoms with E-state index in [2.05, 4.69) is 20.4 Å². The number of nitrogens with zero attached hydrogens (tertiary/aromatic N) is 3. The van der Waals surface area contributed by atoms with Gasteiger partial charge in [0.15, 0.2) is 5.69 Å². The van der Waals surface area contributed by atoms with Crippen molar-refractivity contribution in [3.8, 4) is 0 Å². The highest BCUT2D eigenvalue weighted by Gasteiger charge is 2.21. The molecule has 7 heteroatoms. The molecule has 0 aliphatic heterocycles. The molecule has 7 nitrogen and oxygen atoms in total. The zero-order chi connectivity index (χ0) is 15.6. The number of carbonyl (C=O) groups excluding carboxylic acids is 1. The minimum atomic E-state index is -0.500. The van der Waals surface area contributed by atoms with Crippen LogP contribution in [0.1, 0.15) is 47.3 Å². The van der Waals surface area contributed by atoms with Gasteiger partial charge in [0, 0.05) is 30.2 Å². The van der Waals surface area contributed by atoms with Crippen LogP contribution in [-0.4, -0.2) is 25.7 Å². The first-order valence-corrected chi connectivity index (χ1v) is 6.84. The van der Waals surface area contributed by atoms with Crippen molar-refractivity contribution in [1.29, 1.82) is 0 Å². The highest BCUT2D eigenvalue weighted by molar-refractivity contribution is 5.92. The lowest BCUT2D eigenvalue weighted by molar-refractivity contribution is 0.0933. The fraction of sp³-hybridized carbons (Fsp3) is 0.429. The molecule has 0 aromatic carbocycles. The van der Waals surface area contributed by atoms with Gasteiger partial charge in [0.05, 0.1) is 11.7 Å². The first-order chi connectivity index (χ1) is 9.95. The maximum absolute atomic E-state index is 12.1. The summed E-state index contributed by atoms with van der Waals surface area (Å²) in [6, 6.07) is -0.251. The minimum absolute atomic E-state index is 0.137. The van der Waals surface area contributed by atoms with Crippen LogP contribution in [0.4, 0.5) is 0 Å². The SMILES string of the molecule is CCn1nc(C)c([C@H](C)NC(=O)c2ncc[nH]c2=O)c1C. The van der Waals surface area contributed by atoms with Gasteiger partial charge in [-0.15, -0.1) is 0 Å². The first kappa shape index (κ1) is 15.0. The molecule has 2 aromatic rings. The molecular weight excluding hydrogens is 270 g/mol. The minimum Gasteiger partial charge on any atom is -0.344 e. The van der Waals surface area contributed by atoms with Gasteiger partial charge in [0.1, 0.15) is 0 Å². The maximum Gasteiger partial charge on any atom is 0.279 e. The van der Waals surface area contributed by atoms with E-state index in [1.807, 2.05) is 32.4 Å². The normalized spacial score (nSPS) is 12.2. The molecule has 1 atom stereocenters. The molecule has 2 heterocycles. The summed E-state index contributed by atoms with van der Waals surface area (Å²) >= 11 is 0. The molecule has 0 fully saturated rings. The Morgan fingerprint density at radius 2 is 2.19 bits per heavy atom. The molecule has 0 radical (unpaired) electrons. The monoisotopic (exact) mass is 289 g/mol. The van der Waals surface area contributed by atoms with Crippen molar-refractivity contribution in [1.82, 2.24) is 25.1 Å². The number of hydrogen-bond acceptors (Lipinski definition) is 4. The lowest BCUT2D eigenvalue weighted by atomic mass is 10.1. The zero-order valence-electron chi connectivity index (χ0n) is 12.6. The first-order valence-electron chi connectivity index (χ1n) is 6.84. The van der Waals surface area contributed by atoms with E-state index in [0.29, 0.717) is 0 Å². The molecule has 2 aromatic heterocycles. The summed E-state index contributed by atoms with van der Waals surface area (Å²) in [4.78, 5) is 29.9. The Morgan fingerprint density at radius 1 is 1.48 bits per heavy atom. The fourth-order valence-electron chi connectivity index (χ4n) is 2.50. The standard InChI is InChI=1S/C14H19N5O2/c1-5-19-10(4)11(9(3)18-19)8(2)17-14(21)12-13(20)16-7-6-15-12/h6-8H,5H2,1-4H3,(H,16,20)(H,17,21)/t8-/m0/s1. The number of rotatable bonds is 4. The summed E-state index contributed by atoms with van der Waals surface area (Å²) in [6.45, 7) is 8.53. The van der Waals surface area contributed by atoms with Crippen molar-refractivity contribution in [2.75, 3.05) is 0 Å². The van der Waals surface area contributed by atoms with Gasteiger partial charge in [0.25, 0.3) is 11.5 Å². The van der Waals surface area contributed by atoms with Crippen LogP contribution < -0.4 is 10.9 Å². The molecule has 1 amide bonds. The molecule has 2 rings (SSSR count). The third-order valence-corrected chi connectivity index (χ3v) is 3.44. The van der Waals surface area contributed by atoms with Crippen LogP contribution in [0, 0.1) is 13.8 Å². The van der Waals surface area contributed by atoms with Gasteiger partial charge in [-0.25, -0.2) is 4.98 Å². The molecule has 0 saturated heterocycles. The van der Waals surface area contributed by atoms with Crippen LogP contribution in [0.3, 0.4) is 0 Å². The summed E-state index contributed by atoms with van der Waals surface area (Å²) in [5.41, 5.74) is 2.22. The fourth-order valence-corrected chi connectivity index (χ4v) is 2.50. The molecule has 0 unspecified atom stereocenters. The van der Waals surface area contributed by atoms with Crippen LogP contribution in [0.15, 0.2) is 17.2 Å². The van der Waals surface area contributed by atoms with Gasteiger partial charge < -0.3 is 10.3 Å². The lowest BCUT2D eigenvalue weighted by Crippen LogP contribution is -2.33. The third-order valence-electron chi connectivity index (χ3n) is 3.44. The molecule has 0 aliphatic rings. The number of hydrogen-bond donors (Lipinski definition) is 2. The lowest BCUT2D eigenvalue weighted by Gasteiger charge is -2.14. The van der Waals surface area contributed by atoms with Crippen LogP contribution >= 0.6 is 0 Å². The second-order valence-electron chi connectivity index (χ2n) is 4.86. The van der Waals surface area contributed by atoms with E-state index in [-0.39, 0.29) is 11.7 Å². The van der Waals surface area contributed by atoms with Crippen LogP contribution in [0.2, 0.25) is 0 Å². The van der Waals surface area contributed by atoms with Crippen molar-refractivity contribution in [3.05, 3.63) is 45.4 Å². The van der Waals surface area contributed by atoms with Crippen molar-refractivity contribution in [2.45, 2.75) is 40.3 Å². The second-order valence-corrected chi connectivity index (χ2v) is 4.86. The van der Waals surface area contributed by atoms with Gasteiger partial charge >= 0.3 is 0 Å². The Labute approximate surface area is 122 Å². The third kappa shape index (κ3) is 2.86. The van der Waals surface area contributed by atoms with Crippen LogP contribution in [0.5, 0.6) is 0 Å². The average Bonchev–Trinajstić information content (AvgIpc) is 2.73. The number of nitrogens with one attached hydrogen (secondary N) is 2. The van der Waals surface area contributed by atoms with E-state index in [4.69, 9.17) is 0 Å². The average molecular weight is 289 g/mol. The van der Waals surface area contributed by atoms with E-state index >= 15 is 0 Å². The number of aromatic amines is 1. The summed E-state index contributed by atoms with van der Waals surface area (Å²) < 4.78 is 1.89. The van der Waals surface area contributed by atoms with Gasteiger partial charge in [-0.2, -0.15) is 5.10 Å². The summed E-state index contributed by atoms with van der Waals surface area (Å²) in [6.07, 6.45) is 2.77. The molecule has 0 spiro atoms. The van der Waals surface area contributed by atoms with E-state index in [1.165, 1.54) is 12.4 Å². The Morgan fingerprint density at radius 3 is 2.76 bits per heavy atom. The zero-order valence-corrected chi connectivity index (χ0v) is 12.6. The topological polar surface area (TPSA) is 92.7 Å². The summed E-state index contributed by atoms with van der Waals surface area (Å²) in [5.74, 6) is -0.493. The molecule has 0 aliphatic carbocycles. The van der Waals surface area contributed by atoms with Gasteiger partial charge in [0.2, 0.25) is 0 Å². The predicted molar refractivity (Wildman–Crippen MR) is 78.1 cm³/mol. The van der Waals surface area contributed by atoms with Crippen molar-refractivity contribution >= 4 is 5.91 Å². The number of aromatic nitrogens is 4. The highest BCUT2D eigenvalue weighted by atomic mass is 16.2. The van der Waals surface area contributed by atoms with Crippen molar-refractivity contribution in [2.24, 2.45) is 0 Å². The van der Waals surface area contributed by atoms with Crippen molar-refractivity contribution in [3.63, 3.8) is 0 Å². The van der Waals surface area contributed by atoms with Crippen molar-refractivity contribution < 1.29 is 4.79 Å². The van der Waals surface area contributed by atoms with E-state index in [1.54, 1.807) is 0 Å². The molecule has 112 valence electrons. The Balaban J connectivity index is 2.25. The Bertz CT molecular complexity index is 716. The molecule has 21 heavy (non-hydrogen) atoms. The number of carbonyl (C=O) groups is 1. The quantitative estimate of drug-likeness (QED) is 0.881. The second kappa shape index (κ2) is 5.90. The summed E-state index contributed by atoms with van der Waals surface area (Å²) in [7, 11) is 0. The van der Waals surface area contributed by atoms with Gasteiger partial charge in [-0.05, 0) is 27.7 Å². The van der Waals surface area contributed by atoms with E-state index < -0.39 is 11.5 Å². The smallest absolute Gasteiger partial charge is 0.279 e. The Hall–Kier alpha value is -2.44. The van der Waals surface area contributed by atoms with Crippen LogP contribution in [-0.2, 0) is 6.54 Å². The largest absolute Gasteiger partial charge is 0.344 e. The van der Waals surface area contributed by atoms with Gasteiger partial charge in [-0.1, -0.05) is 0 Å². The van der Waals surface area contributed by atoms with E-state index in [9.17, 15) is 9.59 Å². The number of amides is 1. The van der Waals surface area contributed by atoms with Gasteiger partial charge in [-0.3, -0.25) is 14.3 Å². The Kier molecular flexibility index (Phi) is 4.21. The number of H-pyrrole nitrogens is 1.